The van der Waals surface area contributed by atoms with Crippen LogP contribution >= 0.6 is 11.8 Å². The van der Waals surface area contributed by atoms with E-state index >= 15 is 0 Å². The smallest absolute Gasteiger partial charge is 0.242 e. The molecule has 0 aliphatic rings. The lowest BCUT2D eigenvalue weighted by molar-refractivity contribution is -0.138. The Kier molecular flexibility index (Phi) is 8.99. The number of halogens is 1. The fourth-order valence-electron chi connectivity index (χ4n) is 2.78. The number of methoxy groups -OCH3 is 1. The number of rotatable bonds is 10. The fourth-order valence-corrected chi connectivity index (χ4v) is 3.65. The van der Waals surface area contributed by atoms with Crippen LogP contribution in [0.3, 0.4) is 0 Å². The summed E-state index contributed by atoms with van der Waals surface area (Å²) in [4.78, 5) is 26.6. The summed E-state index contributed by atoms with van der Waals surface area (Å²) in [5.74, 6) is 0.784. The predicted octanol–water partition coefficient (Wildman–Crippen LogP) is 3.62. The number of thioether (sulfide) groups is 1. The normalized spacial score (nSPS) is 11.6. The molecule has 0 aromatic heterocycles. The van der Waals surface area contributed by atoms with Gasteiger partial charge in [-0.15, -0.1) is 11.8 Å². The average molecular weight is 419 g/mol. The lowest BCUT2D eigenvalue weighted by atomic mass is 10.1. The first-order chi connectivity index (χ1) is 14.0. The molecule has 2 rings (SSSR count). The second kappa shape index (κ2) is 11.5. The van der Waals surface area contributed by atoms with E-state index in [-0.39, 0.29) is 29.9 Å². The number of benzene rings is 2. The molecule has 1 unspecified atom stereocenters. The first-order valence-electron chi connectivity index (χ1n) is 9.47. The van der Waals surface area contributed by atoms with Gasteiger partial charge in [-0.25, -0.2) is 4.39 Å². The summed E-state index contributed by atoms with van der Waals surface area (Å²) in [6.45, 7) is 4.00. The maximum atomic E-state index is 14.1. The second-order valence-corrected chi connectivity index (χ2v) is 7.51. The third-order valence-electron chi connectivity index (χ3n) is 4.47. The molecule has 0 fully saturated rings. The highest BCUT2D eigenvalue weighted by Gasteiger charge is 2.26. The molecule has 29 heavy (non-hydrogen) atoms. The Bertz CT molecular complexity index is 814. The summed E-state index contributed by atoms with van der Waals surface area (Å²) < 4.78 is 19.2. The van der Waals surface area contributed by atoms with Crippen molar-refractivity contribution in [3.8, 4) is 5.75 Å². The Balaban J connectivity index is 2.04. The van der Waals surface area contributed by atoms with Gasteiger partial charge in [0.25, 0.3) is 0 Å². The molecular weight excluding hydrogens is 391 g/mol. The van der Waals surface area contributed by atoms with Crippen molar-refractivity contribution in [2.45, 2.75) is 32.2 Å². The zero-order valence-corrected chi connectivity index (χ0v) is 17.8. The van der Waals surface area contributed by atoms with Gasteiger partial charge in [0.1, 0.15) is 17.6 Å². The third kappa shape index (κ3) is 6.78. The number of carbonyl (C=O) groups is 2. The lowest BCUT2D eigenvalue weighted by Crippen LogP contribution is -2.48. The molecule has 0 saturated heterocycles. The van der Waals surface area contributed by atoms with Crippen LogP contribution in [-0.2, 0) is 21.9 Å². The summed E-state index contributed by atoms with van der Waals surface area (Å²) in [5, 5.41) is 2.73. The molecule has 2 aromatic rings. The number of hydrogen-bond donors (Lipinski definition) is 1. The number of nitrogens with one attached hydrogen (secondary N) is 1. The van der Waals surface area contributed by atoms with E-state index in [1.807, 2.05) is 31.2 Å². The first-order valence-corrected chi connectivity index (χ1v) is 10.6. The zero-order chi connectivity index (χ0) is 21.2. The molecule has 1 N–H and O–H groups in total. The maximum absolute atomic E-state index is 14.1. The van der Waals surface area contributed by atoms with Crippen molar-refractivity contribution in [2.24, 2.45) is 0 Å². The third-order valence-corrected chi connectivity index (χ3v) is 5.46. The van der Waals surface area contributed by atoms with E-state index in [1.54, 1.807) is 32.2 Å². The van der Waals surface area contributed by atoms with Crippen molar-refractivity contribution in [1.29, 1.82) is 0 Å². The molecule has 0 heterocycles. The topological polar surface area (TPSA) is 58.6 Å². The number of amides is 2. The van der Waals surface area contributed by atoms with Gasteiger partial charge in [-0.1, -0.05) is 30.3 Å². The van der Waals surface area contributed by atoms with E-state index in [0.29, 0.717) is 17.9 Å². The Hall–Kier alpha value is -2.54. The van der Waals surface area contributed by atoms with Gasteiger partial charge in [-0.3, -0.25) is 9.59 Å². The van der Waals surface area contributed by atoms with Crippen molar-refractivity contribution >= 4 is 23.6 Å². The molecule has 156 valence electrons. The number of ether oxygens (including phenoxy) is 1. The number of hydrogen-bond acceptors (Lipinski definition) is 4. The molecule has 2 amide bonds. The molecule has 7 heteroatoms. The van der Waals surface area contributed by atoms with E-state index in [9.17, 15) is 14.0 Å². The van der Waals surface area contributed by atoms with E-state index < -0.39 is 6.04 Å². The molecule has 0 radical (unpaired) electrons. The summed E-state index contributed by atoms with van der Waals surface area (Å²) in [5.41, 5.74) is 1.46. The van der Waals surface area contributed by atoms with Crippen LogP contribution in [0.5, 0.6) is 5.75 Å². The summed E-state index contributed by atoms with van der Waals surface area (Å²) >= 11 is 1.46. The van der Waals surface area contributed by atoms with Gasteiger partial charge in [0.2, 0.25) is 11.8 Å². The largest absolute Gasteiger partial charge is 0.497 e. The molecule has 0 aliphatic carbocycles. The second-order valence-electron chi connectivity index (χ2n) is 6.52. The van der Waals surface area contributed by atoms with Gasteiger partial charge in [-0.2, -0.15) is 0 Å². The van der Waals surface area contributed by atoms with Gasteiger partial charge in [0.15, 0.2) is 0 Å². The van der Waals surface area contributed by atoms with Crippen molar-refractivity contribution in [3.63, 3.8) is 0 Å². The zero-order valence-electron chi connectivity index (χ0n) is 17.0. The van der Waals surface area contributed by atoms with Crippen LogP contribution in [0.4, 0.5) is 4.39 Å². The highest BCUT2D eigenvalue weighted by Crippen LogP contribution is 2.19. The minimum absolute atomic E-state index is 0.0485. The monoisotopic (exact) mass is 418 g/mol. The Morgan fingerprint density at radius 2 is 1.86 bits per heavy atom. The van der Waals surface area contributed by atoms with Gasteiger partial charge in [0.05, 0.1) is 12.9 Å². The highest BCUT2D eigenvalue weighted by molar-refractivity contribution is 7.99. The van der Waals surface area contributed by atoms with Gasteiger partial charge in [0, 0.05) is 24.4 Å². The van der Waals surface area contributed by atoms with Crippen molar-refractivity contribution in [1.82, 2.24) is 10.2 Å². The lowest BCUT2D eigenvalue weighted by Gasteiger charge is -2.28. The van der Waals surface area contributed by atoms with Gasteiger partial charge in [-0.05, 0) is 37.6 Å². The molecule has 5 nitrogen and oxygen atoms in total. The highest BCUT2D eigenvalue weighted by atomic mass is 32.2. The summed E-state index contributed by atoms with van der Waals surface area (Å²) in [7, 11) is 1.61. The molecule has 0 bridgehead atoms. The standard InChI is InChI=1S/C22H27FN2O3S/c1-4-24-22(27)16(2)25(13-18-7-5-6-8-20(18)23)21(26)15-29-14-17-9-11-19(28-3)12-10-17/h5-12,16H,4,13-15H2,1-3H3,(H,24,27). The predicted molar refractivity (Wildman–Crippen MR) is 114 cm³/mol. The maximum Gasteiger partial charge on any atom is 0.242 e. The number of nitrogens with zero attached hydrogens (tertiary/aromatic N) is 1. The molecule has 0 saturated carbocycles. The van der Waals surface area contributed by atoms with Gasteiger partial charge < -0.3 is 15.0 Å². The molecule has 0 spiro atoms. The van der Waals surface area contributed by atoms with E-state index in [1.165, 1.54) is 22.7 Å². The number of likely N-dealkylation sites (N-methyl/N-ethyl adjacent to an activating group) is 1. The van der Waals surface area contributed by atoms with Crippen LogP contribution < -0.4 is 10.1 Å². The van der Waals surface area contributed by atoms with Gasteiger partial charge >= 0.3 is 0 Å². The van der Waals surface area contributed by atoms with Crippen LogP contribution in [0.2, 0.25) is 0 Å². The summed E-state index contributed by atoms with van der Waals surface area (Å²) in [6, 6.07) is 13.3. The van der Waals surface area contributed by atoms with E-state index in [2.05, 4.69) is 5.32 Å². The first kappa shape index (κ1) is 22.7. The minimum Gasteiger partial charge on any atom is -0.497 e. The van der Waals surface area contributed by atoms with Crippen molar-refractivity contribution in [3.05, 3.63) is 65.5 Å². The van der Waals surface area contributed by atoms with E-state index in [0.717, 1.165) is 11.3 Å². The number of carbonyl (C=O) groups excluding carboxylic acids is 2. The van der Waals surface area contributed by atoms with Crippen LogP contribution in [-0.4, -0.2) is 42.2 Å². The van der Waals surface area contributed by atoms with Crippen molar-refractivity contribution < 1.29 is 18.7 Å². The molecular formula is C22H27FN2O3S. The Morgan fingerprint density at radius 3 is 2.48 bits per heavy atom. The summed E-state index contributed by atoms with van der Waals surface area (Å²) in [6.07, 6.45) is 0. The van der Waals surface area contributed by atoms with Crippen LogP contribution in [0, 0.1) is 5.82 Å². The van der Waals surface area contributed by atoms with Crippen LogP contribution in [0.1, 0.15) is 25.0 Å². The van der Waals surface area contributed by atoms with Crippen LogP contribution in [0.15, 0.2) is 48.5 Å². The van der Waals surface area contributed by atoms with Crippen LogP contribution in [0.25, 0.3) is 0 Å². The van der Waals surface area contributed by atoms with Crippen molar-refractivity contribution in [2.75, 3.05) is 19.4 Å². The average Bonchev–Trinajstić information content (AvgIpc) is 2.73. The molecule has 1 atom stereocenters. The molecule has 2 aromatic carbocycles. The van der Waals surface area contributed by atoms with E-state index in [4.69, 9.17) is 4.74 Å². The fraction of sp³-hybridized carbons (Fsp3) is 0.364. The quantitative estimate of drug-likeness (QED) is 0.640. The SMILES string of the molecule is CCNC(=O)C(C)N(Cc1ccccc1F)C(=O)CSCc1ccc(OC)cc1. The Labute approximate surface area is 175 Å². The molecule has 0 aliphatic heterocycles. The minimum atomic E-state index is -0.691. The Morgan fingerprint density at radius 1 is 1.17 bits per heavy atom.